The van der Waals surface area contributed by atoms with E-state index in [2.05, 4.69) is 21.4 Å². The number of hydrogen-bond acceptors (Lipinski definition) is 6. The fourth-order valence-corrected chi connectivity index (χ4v) is 3.39. The molecule has 10 heteroatoms. The lowest BCUT2D eigenvalue weighted by atomic mass is 10.1. The van der Waals surface area contributed by atoms with Crippen molar-refractivity contribution >= 4 is 24.3 Å². The Morgan fingerprint density at radius 1 is 1.21 bits per heavy atom. The first kappa shape index (κ1) is 26.4. The zero-order valence-corrected chi connectivity index (χ0v) is 19.1. The van der Waals surface area contributed by atoms with Crippen molar-refractivity contribution in [3.8, 4) is 6.07 Å². The minimum absolute atomic E-state index is 0. The number of aromatic nitrogens is 2. The average molecular weight is 484 g/mol. The molecule has 1 unspecified atom stereocenters. The molecule has 3 aromatic rings. The molecule has 1 amide bonds. The van der Waals surface area contributed by atoms with Gasteiger partial charge in [-0.2, -0.15) is 5.26 Å². The molecule has 1 aliphatic rings. The van der Waals surface area contributed by atoms with Crippen LogP contribution in [0.1, 0.15) is 61.3 Å². The van der Waals surface area contributed by atoms with Gasteiger partial charge in [0.05, 0.1) is 11.6 Å². The van der Waals surface area contributed by atoms with Crippen LogP contribution in [0.5, 0.6) is 0 Å². The topological polar surface area (TPSA) is 142 Å². The van der Waals surface area contributed by atoms with E-state index in [9.17, 15) is 14.0 Å². The first-order valence-electron chi connectivity index (χ1n) is 10.2. The van der Waals surface area contributed by atoms with Crippen LogP contribution in [-0.4, -0.2) is 27.0 Å². The molecular weight excluding hydrogens is 461 g/mol. The number of nitrogens with zero attached hydrogens (tertiary/aromatic N) is 3. The lowest BCUT2D eigenvalue weighted by molar-refractivity contribution is 0.0690. The molecule has 0 radical (unpaired) electrons. The number of nitriles is 1. The molecule has 4 N–H and O–H groups in total. The number of benzene rings is 2. The number of aryl methyl sites for hydroxylation is 2. The van der Waals surface area contributed by atoms with Crippen LogP contribution in [0.2, 0.25) is 0 Å². The van der Waals surface area contributed by atoms with Gasteiger partial charge in [0.25, 0.3) is 5.91 Å². The first-order chi connectivity index (χ1) is 15.8. The quantitative estimate of drug-likeness (QED) is 0.515. The molecule has 34 heavy (non-hydrogen) atoms. The van der Waals surface area contributed by atoms with Gasteiger partial charge >= 0.3 is 5.97 Å². The molecule has 4 rings (SSSR count). The number of amides is 1. The van der Waals surface area contributed by atoms with Crippen molar-refractivity contribution in [1.29, 1.82) is 5.26 Å². The van der Waals surface area contributed by atoms with Crippen LogP contribution >= 0.6 is 12.4 Å². The van der Waals surface area contributed by atoms with E-state index >= 15 is 0 Å². The summed E-state index contributed by atoms with van der Waals surface area (Å²) in [5.74, 6) is -2.07. The fraction of sp³-hybridized carbons (Fsp3) is 0.208. The van der Waals surface area contributed by atoms with E-state index in [1.54, 1.807) is 19.1 Å². The van der Waals surface area contributed by atoms with Gasteiger partial charge in [0.15, 0.2) is 5.69 Å². The van der Waals surface area contributed by atoms with Crippen LogP contribution in [0.4, 0.5) is 4.39 Å². The molecule has 0 saturated heterocycles. The zero-order chi connectivity index (χ0) is 24.0. The predicted molar refractivity (Wildman–Crippen MR) is 125 cm³/mol. The maximum absolute atomic E-state index is 13.1. The highest BCUT2D eigenvalue weighted by molar-refractivity contribution is 5.94. The van der Waals surface area contributed by atoms with Gasteiger partial charge in [0.1, 0.15) is 17.8 Å². The van der Waals surface area contributed by atoms with Gasteiger partial charge in [0.2, 0.25) is 0 Å². The van der Waals surface area contributed by atoms with Crippen molar-refractivity contribution in [3.05, 3.63) is 93.8 Å². The van der Waals surface area contributed by atoms with Gasteiger partial charge < -0.3 is 16.2 Å². The van der Waals surface area contributed by atoms with Gasteiger partial charge in [0, 0.05) is 18.7 Å². The zero-order valence-electron chi connectivity index (χ0n) is 18.3. The number of carbonyl (C=O) groups is 2. The molecule has 0 bridgehead atoms. The maximum Gasteiger partial charge on any atom is 0.354 e. The number of carboxylic acid groups (broad SMARTS) is 1. The van der Waals surface area contributed by atoms with Gasteiger partial charge in [-0.25, -0.2) is 19.2 Å². The summed E-state index contributed by atoms with van der Waals surface area (Å²) >= 11 is 0. The Kier molecular flexibility index (Phi) is 9.18. The minimum atomic E-state index is -1.24. The van der Waals surface area contributed by atoms with Crippen molar-refractivity contribution in [2.24, 2.45) is 5.73 Å². The first-order valence-corrected chi connectivity index (χ1v) is 10.2. The van der Waals surface area contributed by atoms with E-state index in [1.165, 1.54) is 11.6 Å². The highest BCUT2D eigenvalue weighted by atomic mass is 35.5. The Bertz CT molecular complexity index is 1250. The summed E-state index contributed by atoms with van der Waals surface area (Å²) in [6, 6.07) is 13.6. The number of aromatic carboxylic acids is 1. The number of carbonyl (C=O) groups excluding carboxylic acids is 1. The summed E-state index contributed by atoms with van der Waals surface area (Å²) < 4.78 is 13.1. The van der Waals surface area contributed by atoms with Crippen molar-refractivity contribution in [2.75, 3.05) is 0 Å². The van der Waals surface area contributed by atoms with E-state index in [4.69, 9.17) is 16.1 Å². The second-order valence-electron chi connectivity index (χ2n) is 7.53. The van der Waals surface area contributed by atoms with Crippen LogP contribution < -0.4 is 11.1 Å². The van der Waals surface area contributed by atoms with Crippen LogP contribution in [0.3, 0.4) is 0 Å². The summed E-state index contributed by atoms with van der Waals surface area (Å²) in [6.45, 7) is 1.82. The number of nitrogens with one attached hydrogen (secondary N) is 1. The lowest BCUT2D eigenvalue weighted by Gasteiger charge is -2.06. The SMILES string of the molecule is Cc1cc(CNC(=O)c2cc(C(=O)O)ncn2)ccc1F.Cl.N#Cc1ccc2c(c1)C(N)CC2. The second-order valence-corrected chi connectivity index (χ2v) is 7.53. The smallest absolute Gasteiger partial charge is 0.354 e. The Labute approximate surface area is 202 Å². The van der Waals surface area contributed by atoms with Crippen molar-refractivity contribution in [3.63, 3.8) is 0 Å². The Morgan fingerprint density at radius 3 is 2.62 bits per heavy atom. The third-order valence-electron chi connectivity index (χ3n) is 5.19. The normalized spacial score (nSPS) is 13.4. The third-order valence-corrected chi connectivity index (χ3v) is 5.19. The predicted octanol–water partition coefficient (Wildman–Crippen LogP) is 3.48. The van der Waals surface area contributed by atoms with Crippen molar-refractivity contribution in [2.45, 2.75) is 32.4 Å². The third kappa shape index (κ3) is 6.57. The number of hydrogen-bond donors (Lipinski definition) is 3. The standard InChI is InChI=1S/C14H12FN3O3.C10H10N2.ClH/c1-8-4-9(2-3-10(8)15)6-16-13(19)11-5-12(14(20)21)18-7-17-11;11-6-7-1-2-8-3-4-10(12)9(8)5-7;/h2-5,7H,6H2,1H3,(H,16,19)(H,20,21);1-2,5,10H,3-4,12H2;1H. The molecule has 0 spiro atoms. The highest BCUT2D eigenvalue weighted by Gasteiger charge is 2.18. The summed E-state index contributed by atoms with van der Waals surface area (Å²) in [6.07, 6.45) is 3.09. The molecule has 2 aromatic carbocycles. The second kappa shape index (κ2) is 11.8. The summed E-state index contributed by atoms with van der Waals surface area (Å²) in [4.78, 5) is 29.9. The van der Waals surface area contributed by atoms with Gasteiger partial charge in [-0.15, -0.1) is 12.4 Å². The van der Waals surface area contributed by atoms with Crippen LogP contribution in [0.25, 0.3) is 0 Å². The van der Waals surface area contributed by atoms with Crippen LogP contribution in [0, 0.1) is 24.1 Å². The van der Waals surface area contributed by atoms with E-state index in [0.717, 1.165) is 36.4 Å². The number of halogens is 2. The van der Waals surface area contributed by atoms with Gasteiger partial charge in [-0.05, 0) is 60.2 Å². The number of carboxylic acids is 1. The molecule has 1 aliphatic carbocycles. The van der Waals surface area contributed by atoms with Crippen molar-refractivity contribution < 1.29 is 19.1 Å². The lowest BCUT2D eigenvalue weighted by Crippen LogP contribution is -2.24. The van der Waals surface area contributed by atoms with Crippen LogP contribution in [-0.2, 0) is 13.0 Å². The largest absolute Gasteiger partial charge is 0.477 e. The number of rotatable bonds is 4. The molecule has 0 fully saturated rings. The summed E-state index contributed by atoms with van der Waals surface area (Å²) in [5, 5.41) is 20.0. The van der Waals surface area contributed by atoms with E-state index in [-0.39, 0.29) is 42.2 Å². The minimum Gasteiger partial charge on any atom is -0.477 e. The van der Waals surface area contributed by atoms with E-state index in [0.29, 0.717) is 11.1 Å². The average Bonchev–Trinajstić information content (AvgIpc) is 3.20. The van der Waals surface area contributed by atoms with Gasteiger partial charge in [-0.1, -0.05) is 18.2 Å². The molecule has 1 aromatic heterocycles. The molecule has 8 nitrogen and oxygen atoms in total. The Balaban J connectivity index is 0.000000266. The molecular formula is C24H23ClFN5O3. The summed E-state index contributed by atoms with van der Waals surface area (Å²) in [5.41, 5.74) is 9.96. The number of nitrogens with two attached hydrogens (primary N) is 1. The van der Waals surface area contributed by atoms with Crippen molar-refractivity contribution in [1.82, 2.24) is 15.3 Å². The number of fused-ring (bicyclic) bond motifs is 1. The van der Waals surface area contributed by atoms with E-state index < -0.39 is 11.9 Å². The fourth-order valence-electron chi connectivity index (χ4n) is 3.39. The maximum atomic E-state index is 13.1. The Morgan fingerprint density at radius 2 is 1.94 bits per heavy atom. The molecule has 176 valence electrons. The Hall–Kier alpha value is -3.87. The molecule has 1 heterocycles. The molecule has 1 atom stereocenters. The highest BCUT2D eigenvalue weighted by Crippen LogP contribution is 2.29. The van der Waals surface area contributed by atoms with E-state index in [1.807, 2.05) is 18.2 Å². The molecule has 0 aliphatic heterocycles. The summed E-state index contributed by atoms with van der Waals surface area (Å²) in [7, 11) is 0. The molecule has 0 saturated carbocycles. The van der Waals surface area contributed by atoms with Gasteiger partial charge in [-0.3, -0.25) is 4.79 Å². The monoisotopic (exact) mass is 483 g/mol. The van der Waals surface area contributed by atoms with Crippen LogP contribution in [0.15, 0.2) is 48.8 Å².